The van der Waals surface area contributed by atoms with Crippen LogP contribution < -0.4 is 4.90 Å². The van der Waals surface area contributed by atoms with Crippen LogP contribution in [0.5, 0.6) is 0 Å². The summed E-state index contributed by atoms with van der Waals surface area (Å²) in [5.41, 5.74) is 1.04. The lowest BCUT2D eigenvalue weighted by atomic mass is 10.0. The zero-order chi connectivity index (χ0) is 19.0. The maximum atomic E-state index is 11.7. The lowest BCUT2D eigenvalue weighted by Gasteiger charge is -2.32. The van der Waals surface area contributed by atoms with Crippen LogP contribution in [0.1, 0.15) is 5.69 Å². The lowest BCUT2D eigenvalue weighted by Crippen LogP contribution is -2.48. The molecule has 0 bridgehead atoms. The van der Waals surface area contributed by atoms with Crippen molar-refractivity contribution >= 4 is 26.7 Å². The second kappa shape index (κ2) is 6.68. The van der Waals surface area contributed by atoms with Crippen molar-refractivity contribution in [3.05, 3.63) is 48.2 Å². The van der Waals surface area contributed by atoms with Gasteiger partial charge in [-0.05, 0) is 16.8 Å². The third-order valence-electron chi connectivity index (χ3n) is 4.73. The molecular weight excluding hydrogens is 364 g/mol. The number of anilines is 1. The van der Waals surface area contributed by atoms with Crippen LogP contribution in [-0.4, -0.2) is 50.1 Å². The summed E-state index contributed by atoms with van der Waals surface area (Å²) in [5, 5.41) is 11.6. The molecule has 1 saturated heterocycles. The molecular formula is C19H18N4O3S. The topological polar surface area (TPSA) is 90.4 Å². The van der Waals surface area contributed by atoms with Crippen molar-refractivity contribution in [2.75, 3.05) is 37.3 Å². The molecule has 27 heavy (non-hydrogen) atoms. The number of nitriles is 1. The number of hydrogen-bond acceptors (Lipinski definition) is 6. The number of hydrogen-bond donors (Lipinski definition) is 0. The highest BCUT2D eigenvalue weighted by Gasteiger charge is 2.28. The average Bonchev–Trinajstić information content (AvgIpc) is 3.11. The van der Waals surface area contributed by atoms with E-state index in [2.05, 4.69) is 11.1 Å². The van der Waals surface area contributed by atoms with Crippen LogP contribution in [-0.2, 0) is 10.0 Å². The predicted molar refractivity (Wildman–Crippen MR) is 103 cm³/mol. The number of piperazine rings is 1. The SMILES string of the molecule is CS(=O)(=O)N1CCN(c2oc(-c3cccc4ccccc34)nc2C#N)CC1. The second-order valence-electron chi connectivity index (χ2n) is 6.46. The minimum atomic E-state index is -3.21. The van der Waals surface area contributed by atoms with Crippen LogP contribution in [0.3, 0.4) is 0 Å². The summed E-state index contributed by atoms with van der Waals surface area (Å²) < 4.78 is 30.8. The third-order valence-corrected chi connectivity index (χ3v) is 6.03. The van der Waals surface area contributed by atoms with E-state index in [1.54, 1.807) is 0 Å². The quantitative estimate of drug-likeness (QED) is 0.691. The van der Waals surface area contributed by atoms with Crippen molar-refractivity contribution in [2.45, 2.75) is 0 Å². The van der Waals surface area contributed by atoms with Gasteiger partial charge in [-0.2, -0.15) is 14.6 Å². The van der Waals surface area contributed by atoms with Gasteiger partial charge in [0, 0.05) is 31.7 Å². The van der Waals surface area contributed by atoms with Gasteiger partial charge in [0.25, 0.3) is 0 Å². The molecule has 0 saturated carbocycles. The van der Waals surface area contributed by atoms with E-state index >= 15 is 0 Å². The number of nitrogens with zero attached hydrogens (tertiary/aromatic N) is 4. The molecule has 7 nitrogen and oxygen atoms in total. The van der Waals surface area contributed by atoms with Crippen molar-refractivity contribution in [3.8, 4) is 17.5 Å². The molecule has 1 aliphatic rings. The van der Waals surface area contributed by atoms with E-state index in [1.165, 1.54) is 10.6 Å². The second-order valence-corrected chi connectivity index (χ2v) is 8.44. The Balaban J connectivity index is 1.69. The molecule has 0 unspecified atom stereocenters. The molecule has 1 aromatic heterocycles. The van der Waals surface area contributed by atoms with Gasteiger partial charge in [0.15, 0.2) is 0 Å². The highest BCUT2D eigenvalue weighted by atomic mass is 32.2. The van der Waals surface area contributed by atoms with E-state index in [0.29, 0.717) is 38.0 Å². The predicted octanol–water partition coefficient (Wildman–Crippen LogP) is 2.45. The summed E-state index contributed by atoms with van der Waals surface area (Å²) in [6.07, 6.45) is 1.20. The average molecular weight is 382 g/mol. The zero-order valence-corrected chi connectivity index (χ0v) is 15.6. The fourth-order valence-corrected chi connectivity index (χ4v) is 4.18. The van der Waals surface area contributed by atoms with Crippen LogP contribution in [0.4, 0.5) is 5.88 Å². The smallest absolute Gasteiger partial charge is 0.235 e. The molecule has 0 amide bonds. The normalized spacial score (nSPS) is 15.8. The van der Waals surface area contributed by atoms with Gasteiger partial charge in [0.05, 0.1) is 6.26 Å². The van der Waals surface area contributed by atoms with Gasteiger partial charge in [0.1, 0.15) is 6.07 Å². The van der Waals surface area contributed by atoms with Crippen LogP contribution in [0.15, 0.2) is 46.9 Å². The van der Waals surface area contributed by atoms with E-state index in [4.69, 9.17) is 4.42 Å². The van der Waals surface area contributed by atoms with Gasteiger partial charge >= 0.3 is 0 Å². The van der Waals surface area contributed by atoms with E-state index in [0.717, 1.165) is 16.3 Å². The molecule has 0 radical (unpaired) electrons. The number of oxazole rings is 1. The van der Waals surface area contributed by atoms with Crippen molar-refractivity contribution in [1.82, 2.24) is 9.29 Å². The summed E-state index contributed by atoms with van der Waals surface area (Å²) >= 11 is 0. The van der Waals surface area contributed by atoms with Gasteiger partial charge in [-0.1, -0.05) is 36.4 Å². The molecule has 0 aliphatic carbocycles. The fraction of sp³-hybridized carbons (Fsp3) is 0.263. The largest absolute Gasteiger partial charge is 0.419 e. The maximum absolute atomic E-state index is 11.7. The molecule has 2 heterocycles. The molecule has 4 rings (SSSR count). The minimum absolute atomic E-state index is 0.214. The number of aromatic nitrogens is 1. The Morgan fingerprint density at radius 3 is 2.48 bits per heavy atom. The Kier molecular flexibility index (Phi) is 4.34. The lowest BCUT2D eigenvalue weighted by molar-refractivity contribution is 0.377. The zero-order valence-electron chi connectivity index (χ0n) is 14.8. The number of benzene rings is 2. The van der Waals surface area contributed by atoms with E-state index in [1.807, 2.05) is 47.4 Å². The van der Waals surface area contributed by atoms with Gasteiger partial charge in [-0.15, -0.1) is 0 Å². The Hall–Kier alpha value is -2.89. The summed E-state index contributed by atoms with van der Waals surface area (Å²) in [6, 6.07) is 15.9. The van der Waals surface area contributed by atoms with Crippen molar-refractivity contribution < 1.29 is 12.8 Å². The molecule has 0 atom stereocenters. The van der Waals surface area contributed by atoms with E-state index in [-0.39, 0.29) is 5.69 Å². The van der Waals surface area contributed by atoms with Gasteiger partial charge in [0.2, 0.25) is 27.5 Å². The number of rotatable bonds is 3. The van der Waals surface area contributed by atoms with E-state index < -0.39 is 10.0 Å². The first kappa shape index (κ1) is 17.5. The standard InChI is InChI=1S/C19H18N4O3S/c1-27(24,25)23-11-9-22(10-12-23)19-17(13-20)21-18(26-19)16-8-4-6-14-5-2-3-7-15(14)16/h2-8H,9-12H2,1H3. The molecule has 8 heteroatoms. The summed E-state index contributed by atoms with van der Waals surface area (Å²) in [6.45, 7) is 1.61. The molecule has 1 fully saturated rings. The molecule has 3 aromatic rings. The molecule has 1 aliphatic heterocycles. The molecule has 0 N–H and O–H groups in total. The van der Waals surface area contributed by atoms with Crippen molar-refractivity contribution in [1.29, 1.82) is 5.26 Å². The molecule has 0 spiro atoms. The van der Waals surface area contributed by atoms with Crippen LogP contribution in [0.2, 0.25) is 0 Å². The first-order chi connectivity index (χ1) is 13.0. The summed E-state index contributed by atoms with van der Waals surface area (Å²) in [4.78, 5) is 6.27. The fourth-order valence-electron chi connectivity index (χ4n) is 3.35. The monoisotopic (exact) mass is 382 g/mol. The maximum Gasteiger partial charge on any atom is 0.235 e. The van der Waals surface area contributed by atoms with Crippen LogP contribution in [0.25, 0.3) is 22.2 Å². The third kappa shape index (κ3) is 3.27. The van der Waals surface area contributed by atoms with E-state index in [9.17, 15) is 13.7 Å². The van der Waals surface area contributed by atoms with Gasteiger partial charge in [-0.3, -0.25) is 0 Å². The Labute approximate surface area is 157 Å². The van der Waals surface area contributed by atoms with Gasteiger partial charge in [-0.25, -0.2) is 8.42 Å². The Morgan fingerprint density at radius 1 is 1.07 bits per heavy atom. The van der Waals surface area contributed by atoms with Crippen LogP contribution >= 0.6 is 0 Å². The number of sulfonamides is 1. The van der Waals surface area contributed by atoms with Crippen LogP contribution in [0, 0.1) is 11.3 Å². The first-order valence-corrected chi connectivity index (χ1v) is 10.4. The van der Waals surface area contributed by atoms with Crippen molar-refractivity contribution in [3.63, 3.8) is 0 Å². The summed E-state index contributed by atoms with van der Waals surface area (Å²) in [7, 11) is -3.21. The molecule has 2 aromatic carbocycles. The minimum Gasteiger partial charge on any atom is -0.419 e. The Morgan fingerprint density at radius 2 is 1.78 bits per heavy atom. The summed E-state index contributed by atoms with van der Waals surface area (Å²) in [5.74, 6) is 0.789. The highest BCUT2D eigenvalue weighted by Crippen LogP contribution is 2.33. The molecule has 138 valence electrons. The highest BCUT2D eigenvalue weighted by molar-refractivity contribution is 7.88. The van der Waals surface area contributed by atoms with Crippen molar-refractivity contribution in [2.24, 2.45) is 0 Å². The van der Waals surface area contributed by atoms with Gasteiger partial charge < -0.3 is 9.32 Å². The first-order valence-electron chi connectivity index (χ1n) is 8.56. The number of fused-ring (bicyclic) bond motifs is 1. The Bertz CT molecular complexity index is 1130.